The lowest BCUT2D eigenvalue weighted by Crippen LogP contribution is -2.47. The van der Waals surface area contributed by atoms with Crippen LogP contribution in [-0.4, -0.2) is 42.1 Å². The lowest BCUT2D eigenvalue weighted by Gasteiger charge is -2.25. The predicted molar refractivity (Wildman–Crippen MR) is 127 cm³/mol. The van der Waals surface area contributed by atoms with Crippen LogP contribution in [0.3, 0.4) is 0 Å². The van der Waals surface area contributed by atoms with Gasteiger partial charge in [-0.3, -0.25) is 9.59 Å². The van der Waals surface area contributed by atoms with Crippen LogP contribution in [0.1, 0.15) is 33.0 Å². The van der Waals surface area contributed by atoms with E-state index in [9.17, 15) is 22.8 Å². The number of allylic oxidation sites excluding steroid dienone is 1. The minimum atomic E-state index is -4.54. The largest absolute Gasteiger partial charge is 0.399 e. The van der Waals surface area contributed by atoms with Crippen molar-refractivity contribution in [3.63, 3.8) is 0 Å². The molecule has 1 fully saturated rings. The van der Waals surface area contributed by atoms with E-state index < -0.39 is 18.0 Å². The minimum absolute atomic E-state index is 0.0669. The first-order valence-electron chi connectivity index (χ1n) is 10.00. The van der Waals surface area contributed by atoms with Crippen molar-refractivity contribution in [2.75, 3.05) is 18.1 Å². The highest BCUT2D eigenvalue weighted by atomic mass is 35.5. The molecule has 4 nitrogen and oxygen atoms in total. The van der Waals surface area contributed by atoms with Crippen molar-refractivity contribution in [2.45, 2.75) is 25.1 Å². The second-order valence-corrected chi connectivity index (χ2v) is 9.59. The van der Waals surface area contributed by atoms with E-state index in [0.717, 1.165) is 17.6 Å². The Hall–Kier alpha value is -2.16. The van der Waals surface area contributed by atoms with Crippen LogP contribution in [0, 0.1) is 6.92 Å². The van der Waals surface area contributed by atoms with E-state index in [1.54, 1.807) is 30.8 Å². The van der Waals surface area contributed by atoms with Crippen molar-refractivity contribution in [1.82, 2.24) is 10.6 Å². The summed E-state index contributed by atoms with van der Waals surface area (Å²) in [6.45, 7) is 1.53. The molecule has 2 amide bonds. The molecule has 0 saturated carbocycles. The van der Waals surface area contributed by atoms with E-state index in [1.165, 1.54) is 30.3 Å². The fraction of sp³-hybridized carbons (Fsp3) is 0.304. The van der Waals surface area contributed by atoms with Crippen LogP contribution in [0.25, 0.3) is 6.08 Å². The number of thioether (sulfide) groups is 1. The smallest absolute Gasteiger partial charge is 0.350 e. The fourth-order valence-electron chi connectivity index (χ4n) is 3.27. The van der Waals surface area contributed by atoms with Gasteiger partial charge in [0.1, 0.15) is 0 Å². The van der Waals surface area contributed by atoms with E-state index in [4.69, 9.17) is 23.2 Å². The zero-order valence-corrected chi connectivity index (χ0v) is 19.8. The molecular weight excluding hydrogens is 496 g/mol. The van der Waals surface area contributed by atoms with Gasteiger partial charge in [-0.05, 0) is 47.9 Å². The van der Waals surface area contributed by atoms with Gasteiger partial charge in [0.05, 0.1) is 12.5 Å². The molecule has 176 valence electrons. The molecule has 1 atom stereocenters. The highest BCUT2D eigenvalue weighted by Gasteiger charge is 2.39. The molecule has 33 heavy (non-hydrogen) atoms. The maximum atomic E-state index is 13.7. The van der Waals surface area contributed by atoms with E-state index in [0.29, 0.717) is 16.7 Å². The van der Waals surface area contributed by atoms with Gasteiger partial charge in [-0.25, -0.2) is 0 Å². The number of hydrogen-bond acceptors (Lipinski definition) is 3. The maximum Gasteiger partial charge on any atom is 0.399 e. The summed E-state index contributed by atoms with van der Waals surface area (Å²) in [6, 6.07) is 8.65. The zero-order valence-electron chi connectivity index (χ0n) is 17.5. The van der Waals surface area contributed by atoms with E-state index in [1.807, 2.05) is 0 Å². The number of rotatable bonds is 7. The van der Waals surface area contributed by atoms with Crippen LogP contribution in [0.15, 0.2) is 42.5 Å². The van der Waals surface area contributed by atoms with Gasteiger partial charge in [0, 0.05) is 33.2 Å². The summed E-state index contributed by atoms with van der Waals surface area (Å²) in [5.41, 5.74) is 1.34. The average Bonchev–Trinajstić information content (AvgIpc) is 2.67. The zero-order chi connectivity index (χ0) is 24.2. The molecule has 1 saturated heterocycles. The van der Waals surface area contributed by atoms with E-state index >= 15 is 0 Å². The van der Waals surface area contributed by atoms with Crippen molar-refractivity contribution >= 4 is 52.9 Å². The molecule has 1 unspecified atom stereocenters. The lowest BCUT2D eigenvalue weighted by molar-refractivity contribution is -0.139. The number of hydrogen-bond donors (Lipinski definition) is 2. The Kier molecular flexibility index (Phi) is 8.37. The SMILES string of the molecule is Cc1cc(C=CC(c2cc(Cl)cc(Cl)c2)C(F)(F)F)ccc1C(=O)NCC(=O)NC1CSC1. The molecule has 2 aromatic rings. The van der Waals surface area contributed by atoms with Crippen LogP contribution in [-0.2, 0) is 4.79 Å². The minimum Gasteiger partial charge on any atom is -0.350 e. The molecule has 1 heterocycles. The van der Waals surface area contributed by atoms with Crippen LogP contribution < -0.4 is 10.6 Å². The average molecular weight is 517 g/mol. The van der Waals surface area contributed by atoms with Gasteiger partial charge >= 0.3 is 6.18 Å². The van der Waals surface area contributed by atoms with Crippen molar-refractivity contribution in [3.05, 3.63) is 74.8 Å². The van der Waals surface area contributed by atoms with Crippen molar-refractivity contribution in [2.24, 2.45) is 0 Å². The van der Waals surface area contributed by atoms with Gasteiger partial charge in [0.25, 0.3) is 5.91 Å². The second kappa shape index (κ2) is 10.8. The summed E-state index contributed by atoms with van der Waals surface area (Å²) in [7, 11) is 0. The van der Waals surface area contributed by atoms with Crippen molar-refractivity contribution in [1.29, 1.82) is 0 Å². The van der Waals surface area contributed by atoms with Gasteiger partial charge < -0.3 is 10.6 Å². The molecule has 1 aliphatic heterocycles. The molecule has 2 aromatic carbocycles. The summed E-state index contributed by atoms with van der Waals surface area (Å²) in [4.78, 5) is 24.3. The predicted octanol–water partition coefficient (Wildman–Crippen LogP) is 5.62. The first-order chi connectivity index (χ1) is 15.5. The molecule has 3 rings (SSSR count). The molecule has 0 radical (unpaired) electrons. The summed E-state index contributed by atoms with van der Waals surface area (Å²) in [5, 5.41) is 5.61. The molecule has 1 aliphatic rings. The van der Waals surface area contributed by atoms with E-state index in [-0.39, 0.29) is 34.1 Å². The van der Waals surface area contributed by atoms with Gasteiger partial charge in [-0.15, -0.1) is 0 Å². The lowest BCUT2D eigenvalue weighted by atomic mass is 9.96. The highest BCUT2D eigenvalue weighted by molar-refractivity contribution is 8.00. The summed E-state index contributed by atoms with van der Waals surface area (Å²) in [6.07, 6.45) is -2.18. The number of aryl methyl sites for hydroxylation is 1. The Labute approximate surface area is 203 Å². The number of halogens is 5. The monoisotopic (exact) mass is 516 g/mol. The van der Waals surface area contributed by atoms with E-state index in [2.05, 4.69) is 10.6 Å². The molecule has 0 aliphatic carbocycles. The Morgan fingerprint density at radius 2 is 1.82 bits per heavy atom. The first kappa shape index (κ1) is 25.5. The number of benzene rings is 2. The second-order valence-electron chi connectivity index (χ2n) is 7.64. The van der Waals surface area contributed by atoms with Crippen LogP contribution in [0.2, 0.25) is 10.0 Å². The standard InChI is InChI=1S/C23H21Cl2F3N2O2S/c1-13-6-14(2-4-19(13)22(32)29-10-21(31)30-18-11-33-12-18)3-5-20(23(26,27)28)15-7-16(24)9-17(25)8-15/h2-9,18,20H,10-12H2,1H3,(H,29,32)(H,30,31). The third-order valence-corrected chi connectivity index (χ3v) is 6.70. The number of amides is 2. The van der Waals surface area contributed by atoms with Gasteiger partial charge in [0.15, 0.2) is 0 Å². The molecule has 0 bridgehead atoms. The molecule has 0 spiro atoms. The van der Waals surface area contributed by atoms with Crippen molar-refractivity contribution < 1.29 is 22.8 Å². The maximum absolute atomic E-state index is 13.7. The number of carbonyl (C=O) groups is 2. The Balaban J connectivity index is 1.69. The quantitative estimate of drug-likeness (QED) is 0.501. The van der Waals surface area contributed by atoms with Crippen LogP contribution in [0.5, 0.6) is 0 Å². The Bertz CT molecular complexity index is 1050. The number of alkyl halides is 3. The number of carbonyl (C=O) groups excluding carboxylic acids is 2. The normalized spacial score (nSPS) is 15.2. The third-order valence-electron chi connectivity index (χ3n) is 4.99. The van der Waals surface area contributed by atoms with Gasteiger partial charge in [0.2, 0.25) is 5.91 Å². The molecule has 0 aromatic heterocycles. The summed E-state index contributed by atoms with van der Waals surface area (Å²) in [5.74, 6) is -0.849. The Morgan fingerprint density at radius 3 is 2.36 bits per heavy atom. The topological polar surface area (TPSA) is 58.2 Å². The Morgan fingerprint density at radius 1 is 1.15 bits per heavy atom. The summed E-state index contributed by atoms with van der Waals surface area (Å²) >= 11 is 13.5. The van der Waals surface area contributed by atoms with Gasteiger partial charge in [-0.1, -0.05) is 47.5 Å². The first-order valence-corrected chi connectivity index (χ1v) is 11.9. The third kappa shape index (κ3) is 7.16. The van der Waals surface area contributed by atoms with Gasteiger partial charge in [-0.2, -0.15) is 24.9 Å². The summed E-state index contributed by atoms with van der Waals surface area (Å²) < 4.78 is 41.0. The molecule has 2 N–H and O–H groups in total. The molecular formula is C23H21Cl2F3N2O2S. The molecule has 10 heteroatoms. The van der Waals surface area contributed by atoms with Crippen LogP contribution >= 0.6 is 35.0 Å². The van der Waals surface area contributed by atoms with Crippen LogP contribution in [0.4, 0.5) is 13.2 Å². The number of nitrogens with one attached hydrogen (secondary N) is 2. The fourth-order valence-corrected chi connectivity index (χ4v) is 4.45. The highest BCUT2D eigenvalue weighted by Crippen LogP contribution is 2.38. The van der Waals surface area contributed by atoms with Crippen molar-refractivity contribution in [3.8, 4) is 0 Å².